The maximum absolute atomic E-state index is 12.6. The van der Waals surface area contributed by atoms with Gasteiger partial charge in [-0.15, -0.1) is 10.2 Å². The van der Waals surface area contributed by atoms with Crippen LogP contribution in [0.4, 0.5) is 16.0 Å². The Bertz CT molecular complexity index is 990. The molecular formula is C18H22N6O4S. The van der Waals surface area contributed by atoms with Gasteiger partial charge in [-0.25, -0.2) is 9.79 Å². The number of allylic oxidation sites excluding steroid dienone is 1. The topological polar surface area (TPSA) is 145 Å². The van der Waals surface area contributed by atoms with E-state index in [9.17, 15) is 9.59 Å². The summed E-state index contributed by atoms with van der Waals surface area (Å²) >= 11 is 1.08. The Hall–Kier alpha value is -3.21. The molecule has 1 amide bonds. The lowest BCUT2D eigenvalue weighted by Crippen LogP contribution is -2.20. The largest absolute Gasteiger partial charge is 0.488 e. The van der Waals surface area contributed by atoms with Gasteiger partial charge in [0.1, 0.15) is 0 Å². The number of rotatable bonds is 7. The standard InChI is InChI=1S/C18H22N6O4S/c1-10(7-8-19)20-17-23-24-18(29-17)22-15(25)13-9-12(14(27-2)16(26)28-13)21-11-5-3-4-6-11/h7-9,11,21H,3-6,19H2,1-2H3,(H,22,24,25)/b8-7-,20-10+. The fourth-order valence-corrected chi connectivity index (χ4v) is 3.65. The first kappa shape index (κ1) is 20.5. The zero-order chi connectivity index (χ0) is 20.8. The second kappa shape index (κ2) is 9.32. The number of hydrogen-bond donors (Lipinski definition) is 3. The summed E-state index contributed by atoms with van der Waals surface area (Å²) in [6.07, 6.45) is 7.22. The number of aliphatic imine (C=N–C) groups is 1. The molecule has 2 aromatic rings. The first-order valence-corrected chi connectivity index (χ1v) is 9.89. The molecule has 0 spiro atoms. The number of ether oxygens (including phenoxy) is 1. The Labute approximate surface area is 170 Å². The summed E-state index contributed by atoms with van der Waals surface area (Å²) in [4.78, 5) is 29.0. The molecule has 3 rings (SSSR count). The van der Waals surface area contributed by atoms with Crippen LogP contribution < -0.4 is 26.7 Å². The summed E-state index contributed by atoms with van der Waals surface area (Å²) in [7, 11) is 1.39. The van der Waals surface area contributed by atoms with Crippen LogP contribution in [0.2, 0.25) is 0 Å². The van der Waals surface area contributed by atoms with Crippen molar-refractivity contribution in [3.63, 3.8) is 0 Å². The quantitative estimate of drug-likeness (QED) is 0.582. The fraction of sp³-hybridized carbons (Fsp3) is 0.389. The number of nitrogens with one attached hydrogen (secondary N) is 2. The Kier molecular flexibility index (Phi) is 6.60. The van der Waals surface area contributed by atoms with Crippen molar-refractivity contribution in [3.05, 3.63) is 34.5 Å². The lowest BCUT2D eigenvalue weighted by molar-refractivity contribution is 0.0991. The van der Waals surface area contributed by atoms with E-state index in [4.69, 9.17) is 14.9 Å². The maximum atomic E-state index is 12.6. The number of methoxy groups -OCH3 is 1. The molecule has 29 heavy (non-hydrogen) atoms. The molecule has 0 bridgehead atoms. The molecular weight excluding hydrogens is 396 g/mol. The number of nitrogens with two attached hydrogens (primary N) is 1. The molecule has 0 aromatic carbocycles. The lowest BCUT2D eigenvalue weighted by Gasteiger charge is -2.16. The number of hydrogen-bond acceptors (Lipinski definition) is 10. The first-order valence-electron chi connectivity index (χ1n) is 9.07. The molecule has 10 nitrogen and oxygen atoms in total. The van der Waals surface area contributed by atoms with Gasteiger partial charge in [0.05, 0.1) is 12.8 Å². The zero-order valence-corrected chi connectivity index (χ0v) is 16.9. The smallest absolute Gasteiger partial charge is 0.381 e. The van der Waals surface area contributed by atoms with Crippen molar-refractivity contribution < 1.29 is 13.9 Å². The van der Waals surface area contributed by atoms with E-state index in [1.54, 1.807) is 13.0 Å². The minimum absolute atomic E-state index is 0.0458. The number of amides is 1. The highest BCUT2D eigenvalue weighted by atomic mass is 32.1. The highest BCUT2D eigenvalue weighted by molar-refractivity contribution is 7.18. The van der Waals surface area contributed by atoms with E-state index in [0.717, 1.165) is 37.0 Å². The van der Waals surface area contributed by atoms with Crippen molar-refractivity contribution in [2.24, 2.45) is 10.7 Å². The Morgan fingerprint density at radius 3 is 2.86 bits per heavy atom. The highest BCUT2D eigenvalue weighted by Crippen LogP contribution is 2.28. The van der Waals surface area contributed by atoms with Crippen molar-refractivity contribution in [1.29, 1.82) is 0 Å². The molecule has 1 aliphatic carbocycles. The highest BCUT2D eigenvalue weighted by Gasteiger charge is 2.22. The third-order valence-corrected chi connectivity index (χ3v) is 5.03. The van der Waals surface area contributed by atoms with E-state index >= 15 is 0 Å². The summed E-state index contributed by atoms with van der Waals surface area (Å²) in [6, 6.07) is 1.69. The molecule has 154 valence electrons. The van der Waals surface area contributed by atoms with E-state index in [-0.39, 0.29) is 22.7 Å². The number of anilines is 2. The Morgan fingerprint density at radius 1 is 1.41 bits per heavy atom. The maximum Gasteiger partial charge on any atom is 0.381 e. The minimum atomic E-state index is -0.729. The van der Waals surface area contributed by atoms with Crippen LogP contribution in [-0.2, 0) is 0 Å². The van der Waals surface area contributed by atoms with Gasteiger partial charge in [0.2, 0.25) is 16.0 Å². The summed E-state index contributed by atoms with van der Waals surface area (Å²) in [5, 5.41) is 14.2. The van der Waals surface area contributed by atoms with Crippen molar-refractivity contribution in [1.82, 2.24) is 10.2 Å². The summed E-state index contributed by atoms with van der Waals surface area (Å²) < 4.78 is 10.3. The van der Waals surface area contributed by atoms with Crippen molar-refractivity contribution in [2.75, 3.05) is 17.7 Å². The van der Waals surface area contributed by atoms with Crippen molar-refractivity contribution in [3.8, 4) is 5.75 Å². The number of carbonyl (C=O) groups is 1. The second-order valence-electron chi connectivity index (χ2n) is 6.43. The van der Waals surface area contributed by atoms with Crippen LogP contribution in [0.1, 0.15) is 43.2 Å². The molecule has 4 N–H and O–H groups in total. The second-order valence-corrected chi connectivity index (χ2v) is 7.38. The Morgan fingerprint density at radius 2 is 2.17 bits per heavy atom. The van der Waals surface area contributed by atoms with Crippen LogP contribution in [-0.4, -0.2) is 35.0 Å². The molecule has 11 heteroatoms. The Balaban J connectivity index is 1.78. The predicted molar refractivity (Wildman–Crippen MR) is 111 cm³/mol. The van der Waals surface area contributed by atoms with Gasteiger partial charge >= 0.3 is 5.63 Å². The van der Waals surface area contributed by atoms with Crippen LogP contribution in [0.25, 0.3) is 0 Å². The lowest BCUT2D eigenvalue weighted by atomic mass is 10.2. The van der Waals surface area contributed by atoms with Gasteiger partial charge in [-0.05, 0) is 32.0 Å². The van der Waals surface area contributed by atoms with Crippen LogP contribution in [0, 0.1) is 0 Å². The van der Waals surface area contributed by atoms with Gasteiger partial charge < -0.3 is 20.2 Å². The van der Waals surface area contributed by atoms with Crippen molar-refractivity contribution >= 4 is 38.9 Å². The van der Waals surface area contributed by atoms with Gasteiger partial charge in [-0.3, -0.25) is 10.1 Å². The predicted octanol–water partition coefficient (Wildman–Crippen LogP) is 2.67. The SMILES string of the molecule is COc1c(NC2CCCC2)cc(C(=O)Nc2nnc(/N=C(C)/C=C\N)s2)oc1=O. The van der Waals surface area contributed by atoms with Gasteiger partial charge in [0.25, 0.3) is 5.91 Å². The fourth-order valence-electron chi connectivity index (χ4n) is 2.98. The molecule has 0 radical (unpaired) electrons. The molecule has 1 saturated carbocycles. The molecule has 2 aromatic heterocycles. The average Bonchev–Trinajstić information content (AvgIpc) is 3.34. The van der Waals surface area contributed by atoms with E-state index in [0.29, 0.717) is 16.5 Å². The van der Waals surface area contributed by atoms with Gasteiger partial charge in [-0.1, -0.05) is 24.2 Å². The summed E-state index contributed by atoms with van der Waals surface area (Å²) in [5.41, 5.74) is 5.67. The molecule has 0 saturated heterocycles. The zero-order valence-electron chi connectivity index (χ0n) is 16.1. The van der Waals surface area contributed by atoms with Gasteiger partial charge in [-0.2, -0.15) is 0 Å². The van der Waals surface area contributed by atoms with Crippen LogP contribution in [0.15, 0.2) is 32.5 Å². The molecule has 0 atom stereocenters. The number of nitrogens with zero attached hydrogens (tertiary/aromatic N) is 3. The summed E-state index contributed by atoms with van der Waals surface area (Å²) in [6.45, 7) is 1.76. The third kappa shape index (κ3) is 5.19. The number of carbonyl (C=O) groups excluding carboxylic acids is 1. The van der Waals surface area contributed by atoms with Crippen LogP contribution >= 0.6 is 11.3 Å². The first-order chi connectivity index (χ1) is 14.0. The molecule has 2 heterocycles. The molecule has 0 aliphatic heterocycles. The molecule has 1 aliphatic rings. The van der Waals surface area contributed by atoms with E-state index in [1.165, 1.54) is 19.4 Å². The van der Waals surface area contributed by atoms with E-state index < -0.39 is 11.5 Å². The van der Waals surface area contributed by atoms with E-state index in [2.05, 4.69) is 25.8 Å². The molecule has 1 fully saturated rings. The minimum Gasteiger partial charge on any atom is -0.488 e. The third-order valence-electron chi connectivity index (χ3n) is 4.30. The van der Waals surface area contributed by atoms with Crippen molar-refractivity contribution in [2.45, 2.75) is 38.6 Å². The van der Waals surface area contributed by atoms with Gasteiger partial charge in [0.15, 0.2) is 5.76 Å². The summed E-state index contributed by atoms with van der Waals surface area (Å²) in [5.74, 6) is -0.729. The van der Waals surface area contributed by atoms with Gasteiger partial charge in [0, 0.05) is 17.8 Å². The van der Waals surface area contributed by atoms with Crippen LogP contribution in [0.3, 0.4) is 0 Å². The molecule has 0 unspecified atom stereocenters. The number of aromatic nitrogens is 2. The normalized spacial score (nSPS) is 15.0. The monoisotopic (exact) mass is 418 g/mol. The van der Waals surface area contributed by atoms with E-state index in [1.807, 2.05) is 0 Å². The average molecular weight is 418 g/mol. The van der Waals surface area contributed by atoms with Crippen LogP contribution in [0.5, 0.6) is 5.75 Å².